The highest BCUT2D eigenvalue weighted by atomic mass is 16.5. The second-order valence-electron chi connectivity index (χ2n) is 4.54. The van der Waals surface area contributed by atoms with E-state index < -0.39 is 11.9 Å². The zero-order valence-electron chi connectivity index (χ0n) is 12.2. The molecule has 0 radical (unpaired) electrons. The quantitative estimate of drug-likeness (QED) is 0.493. The second kappa shape index (κ2) is 6.67. The van der Waals surface area contributed by atoms with Crippen molar-refractivity contribution in [3.63, 3.8) is 0 Å². The number of rotatable bonds is 4. The third-order valence-electron chi connectivity index (χ3n) is 3.01. The molecule has 0 amide bonds. The van der Waals surface area contributed by atoms with Crippen LogP contribution in [0.5, 0.6) is 5.75 Å². The summed E-state index contributed by atoms with van der Waals surface area (Å²) >= 11 is 0. The number of carbonyl (C=O) groups excluding carboxylic acids is 3. The average Bonchev–Trinajstić information content (AvgIpc) is 2.54. The van der Waals surface area contributed by atoms with Gasteiger partial charge in [0.2, 0.25) is 0 Å². The number of Topliss-reactive ketones (excluding diaryl/α,β-unsaturated/α-hetero) is 1. The number of esters is 2. The Kier molecular flexibility index (Phi) is 4.68. The molecule has 2 rings (SSSR count). The number of carbonyl (C=O) groups is 3. The minimum absolute atomic E-state index is 0.0710. The largest absolute Gasteiger partial charge is 0.465 e. The summed E-state index contributed by atoms with van der Waals surface area (Å²) in [6.45, 7) is 1.45. The zero-order valence-corrected chi connectivity index (χ0v) is 12.2. The lowest BCUT2D eigenvalue weighted by Crippen LogP contribution is -2.09. The van der Waals surface area contributed by atoms with Gasteiger partial charge in [-0.2, -0.15) is 0 Å². The van der Waals surface area contributed by atoms with Gasteiger partial charge in [0.15, 0.2) is 5.78 Å². The van der Waals surface area contributed by atoms with Gasteiger partial charge in [-0.25, -0.2) is 9.59 Å². The smallest absolute Gasteiger partial charge is 0.343 e. The molecule has 5 heteroatoms. The van der Waals surface area contributed by atoms with Crippen molar-refractivity contribution < 1.29 is 23.9 Å². The molecule has 0 N–H and O–H groups in total. The number of benzene rings is 2. The molecule has 112 valence electrons. The van der Waals surface area contributed by atoms with E-state index in [1.807, 2.05) is 0 Å². The van der Waals surface area contributed by atoms with Crippen molar-refractivity contribution in [1.29, 1.82) is 0 Å². The zero-order chi connectivity index (χ0) is 16.1. The second-order valence-corrected chi connectivity index (χ2v) is 4.54. The molecule has 2 aromatic carbocycles. The molecular formula is C17H14O5. The van der Waals surface area contributed by atoms with Gasteiger partial charge in [-0.3, -0.25) is 4.79 Å². The normalized spacial score (nSPS) is 9.91. The SMILES string of the molecule is COC(=O)c1ccc(OC(=O)c2ccc(C(C)=O)cc2)cc1. The molecule has 0 aromatic heterocycles. The van der Waals surface area contributed by atoms with Gasteiger partial charge in [0.25, 0.3) is 0 Å². The predicted octanol–water partition coefficient (Wildman–Crippen LogP) is 2.90. The van der Waals surface area contributed by atoms with E-state index in [0.29, 0.717) is 22.4 Å². The van der Waals surface area contributed by atoms with Crippen LogP contribution in [0.4, 0.5) is 0 Å². The minimum atomic E-state index is -0.541. The van der Waals surface area contributed by atoms with E-state index in [4.69, 9.17) is 4.74 Å². The van der Waals surface area contributed by atoms with Crippen LogP contribution in [0.25, 0.3) is 0 Å². The van der Waals surface area contributed by atoms with Crippen molar-refractivity contribution in [2.24, 2.45) is 0 Å². The van der Waals surface area contributed by atoms with Crippen LogP contribution in [0.15, 0.2) is 48.5 Å². The Hall–Kier alpha value is -2.95. The Balaban J connectivity index is 2.08. The Morgan fingerprint density at radius 1 is 0.727 bits per heavy atom. The first-order valence-corrected chi connectivity index (χ1v) is 6.53. The fraction of sp³-hybridized carbons (Fsp3) is 0.118. The van der Waals surface area contributed by atoms with Crippen LogP contribution in [0, 0.1) is 0 Å². The third kappa shape index (κ3) is 3.58. The maximum atomic E-state index is 12.0. The highest BCUT2D eigenvalue weighted by Crippen LogP contribution is 2.15. The van der Waals surface area contributed by atoms with Gasteiger partial charge in [-0.05, 0) is 43.3 Å². The van der Waals surface area contributed by atoms with Crippen molar-refractivity contribution in [3.8, 4) is 5.75 Å². The minimum Gasteiger partial charge on any atom is -0.465 e. The fourth-order valence-electron chi connectivity index (χ4n) is 1.78. The molecule has 0 aliphatic carbocycles. The lowest BCUT2D eigenvalue weighted by atomic mass is 10.1. The topological polar surface area (TPSA) is 69.7 Å². The monoisotopic (exact) mass is 298 g/mol. The third-order valence-corrected chi connectivity index (χ3v) is 3.01. The van der Waals surface area contributed by atoms with Crippen molar-refractivity contribution in [2.45, 2.75) is 6.92 Å². The first kappa shape index (κ1) is 15.4. The highest BCUT2D eigenvalue weighted by molar-refractivity contribution is 5.96. The van der Waals surface area contributed by atoms with Gasteiger partial charge in [-0.15, -0.1) is 0 Å². The van der Waals surface area contributed by atoms with Gasteiger partial charge in [-0.1, -0.05) is 12.1 Å². The van der Waals surface area contributed by atoms with Crippen molar-refractivity contribution in [2.75, 3.05) is 7.11 Å². The Morgan fingerprint density at radius 3 is 1.68 bits per heavy atom. The number of ketones is 1. The number of hydrogen-bond acceptors (Lipinski definition) is 5. The molecule has 22 heavy (non-hydrogen) atoms. The Bertz CT molecular complexity index is 699. The number of hydrogen-bond donors (Lipinski definition) is 0. The molecular weight excluding hydrogens is 284 g/mol. The first-order valence-electron chi connectivity index (χ1n) is 6.53. The molecule has 0 aliphatic rings. The van der Waals surface area contributed by atoms with Crippen LogP contribution < -0.4 is 4.74 Å². The number of methoxy groups -OCH3 is 1. The summed E-state index contributed by atoms with van der Waals surface area (Å²) in [6.07, 6.45) is 0. The Morgan fingerprint density at radius 2 is 1.18 bits per heavy atom. The van der Waals surface area contributed by atoms with Gasteiger partial charge >= 0.3 is 11.9 Å². The van der Waals surface area contributed by atoms with Gasteiger partial charge in [0.1, 0.15) is 5.75 Å². The molecule has 0 spiro atoms. The fourth-order valence-corrected chi connectivity index (χ4v) is 1.78. The van der Waals surface area contributed by atoms with E-state index in [1.165, 1.54) is 50.4 Å². The molecule has 0 saturated heterocycles. The highest BCUT2D eigenvalue weighted by Gasteiger charge is 2.10. The molecule has 0 aliphatic heterocycles. The lowest BCUT2D eigenvalue weighted by Gasteiger charge is -2.05. The van der Waals surface area contributed by atoms with Crippen LogP contribution in [-0.2, 0) is 4.74 Å². The van der Waals surface area contributed by atoms with Crippen LogP contribution >= 0.6 is 0 Å². The summed E-state index contributed by atoms with van der Waals surface area (Å²) in [5, 5.41) is 0. The standard InChI is InChI=1S/C17H14O5/c1-11(18)12-3-5-14(6-4-12)17(20)22-15-9-7-13(8-10-15)16(19)21-2/h3-10H,1-2H3. The van der Waals surface area contributed by atoms with Gasteiger partial charge < -0.3 is 9.47 Å². The molecule has 0 fully saturated rings. The van der Waals surface area contributed by atoms with Crippen LogP contribution in [0.1, 0.15) is 38.0 Å². The summed E-state index contributed by atoms with van der Waals surface area (Å²) in [7, 11) is 1.29. The van der Waals surface area contributed by atoms with Crippen molar-refractivity contribution in [1.82, 2.24) is 0 Å². The van der Waals surface area contributed by atoms with E-state index in [2.05, 4.69) is 4.74 Å². The number of ether oxygens (including phenoxy) is 2. The van der Waals surface area contributed by atoms with Crippen molar-refractivity contribution in [3.05, 3.63) is 65.2 Å². The summed E-state index contributed by atoms with van der Waals surface area (Å²) < 4.78 is 9.78. The average molecular weight is 298 g/mol. The molecule has 0 bridgehead atoms. The first-order chi connectivity index (χ1) is 10.5. The maximum absolute atomic E-state index is 12.0. The lowest BCUT2D eigenvalue weighted by molar-refractivity contribution is 0.0600. The van der Waals surface area contributed by atoms with Crippen LogP contribution in [0.3, 0.4) is 0 Å². The molecule has 0 heterocycles. The molecule has 0 atom stereocenters. The molecule has 0 saturated carbocycles. The maximum Gasteiger partial charge on any atom is 0.343 e. The Labute approximate surface area is 127 Å². The van der Waals surface area contributed by atoms with Gasteiger partial charge in [0.05, 0.1) is 18.2 Å². The van der Waals surface area contributed by atoms with Crippen LogP contribution in [-0.4, -0.2) is 24.8 Å². The van der Waals surface area contributed by atoms with E-state index in [1.54, 1.807) is 12.1 Å². The predicted molar refractivity (Wildman–Crippen MR) is 79.2 cm³/mol. The summed E-state index contributed by atoms with van der Waals surface area (Å²) in [4.78, 5) is 34.4. The molecule has 2 aromatic rings. The molecule has 5 nitrogen and oxygen atoms in total. The summed E-state index contributed by atoms with van der Waals surface area (Å²) in [5.41, 5.74) is 1.23. The van der Waals surface area contributed by atoms with Gasteiger partial charge in [0, 0.05) is 5.56 Å². The van der Waals surface area contributed by atoms with E-state index in [0.717, 1.165) is 0 Å². The van der Waals surface area contributed by atoms with E-state index in [-0.39, 0.29) is 5.78 Å². The van der Waals surface area contributed by atoms with Crippen LogP contribution in [0.2, 0.25) is 0 Å². The summed E-state index contributed by atoms with van der Waals surface area (Å²) in [6, 6.07) is 12.2. The summed E-state index contributed by atoms with van der Waals surface area (Å²) in [5.74, 6) is -0.759. The van der Waals surface area contributed by atoms with E-state index in [9.17, 15) is 14.4 Å². The molecule has 0 unspecified atom stereocenters. The van der Waals surface area contributed by atoms with E-state index >= 15 is 0 Å². The van der Waals surface area contributed by atoms with Crippen molar-refractivity contribution >= 4 is 17.7 Å².